The SMILES string of the molecule is CCCCC(Cc1ccnc(NC(=O)COC)c1)Oc1ccc(NC(=O)Nc2cc(C(C)(C)C)nn2-c2ccc(C)cc2)c2ccccc12. The molecule has 0 saturated heterocycles. The minimum absolute atomic E-state index is 0.0377. The molecule has 0 bridgehead atoms. The van der Waals surface area contributed by atoms with Crippen molar-refractivity contribution in [3.8, 4) is 11.4 Å². The van der Waals surface area contributed by atoms with Crippen LogP contribution in [0.2, 0.25) is 0 Å². The molecule has 5 rings (SSSR count). The highest BCUT2D eigenvalue weighted by atomic mass is 16.5. The quantitative estimate of drug-likeness (QED) is 0.116. The second-order valence-corrected chi connectivity index (χ2v) is 13.3. The summed E-state index contributed by atoms with van der Waals surface area (Å²) in [6.45, 7) is 10.4. The molecule has 2 heterocycles. The molecule has 3 amide bonds. The van der Waals surface area contributed by atoms with Crippen LogP contribution >= 0.6 is 0 Å². The number of aryl methyl sites for hydroxylation is 1. The highest BCUT2D eigenvalue weighted by molar-refractivity contribution is 6.07. The molecule has 0 aliphatic carbocycles. The summed E-state index contributed by atoms with van der Waals surface area (Å²) < 4.78 is 13.4. The first-order valence-corrected chi connectivity index (χ1v) is 16.7. The number of urea groups is 1. The van der Waals surface area contributed by atoms with Crippen molar-refractivity contribution >= 4 is 40.0 Å². The molecule has 49 heavy (non-hydrogen) atoms. The predicted molar refractivity (Wildman–Crippen MR) is 196 cm³/mol. The number of hydrogen-bond acceptors (Lipinski definition) is 6. The van der Waals surface area contributed by atoms with Crippen molar-refractivity contribution in [2.45, 2.75) is 71.8 Å². The third-order valence-corrected chi connectivity index (χ3v) is 8.13. The van der Waals surface area contributed by atoms with Crippen LogP contribution < -0.4 is 20.7 Å². The summed E-state index contributed by atoms with van der Waals surface area (Å²) in [5.41, 5.74) is 4.33. The number of rotatable bonds is 13. The first-order chi connectivity index (χ1) is 23.5. The summed E-state index contributed by atoms with van der Waals surface area (Å²) in [7, 11) is 1.48. The number of anilines is 3. The molecule has 0 saturated carbocycles. The zero-order valence-electron chi connectivity index (χ0n) is 29.2. The van der Waals surface area contributed by atoms with Gasteiger partial charge in [-0.3, -0.25) is 10.1 Å². The van der Waals surface area contributed by atoms with Gasteiger partial charge in [0.05, 0.1) is 17.1 Å². The minimum Gasteiger partial charge on any atom is -0.489 e. The van der Waals surface area contributed by atoms with Gasteiger partial charge < -0.3 is 20.1 Å². The van der Waals surface area contributed by atoms with Gasteiger partial charge in [-0.15, -0.1) is 0 Å². The first kappa shape index (κ1) is 35.1. The molecule has 0 aliphatic heterocycles. The average molecular weight is 663 g/mol. The number of nitrogens with zero attached hydrogens (tertiary/aromatic N) is 3. The van der Waals surface area contributed by atoms with E-state index in [1.165, 1.54) is 7.11 Å². The number of methoxy groups -OCH3 is 1. The van der Waals surface area contributed by atoms with Crippen LogP contribution in [0.25, 0.3) is 16.5 Å². The molecule has 5 aromatic rings. The largest absolute Gasteiger partial charge is 0.489 e. The monoisotopic (exact) mass is 662 g/mol. The van der Waals surface area contributed by atoms with Crippen molar-refractivity contribution in [2.24, 2.45) is 0 Å². The van der Waals surface area contributed by atoms with E-state index in [0.29, 0.717) is 23.7 Å². The lowest BCUT2D eigenvalue weighted by Gasteiger charge is -2.21. The number of fused-ring (bicyclic) bond motifs is 1. The molecule has 3 aromatic carbocycles. The van der Waals surface area contributed by atoms with Crippen LogP contribution in [0.3, 0.4) is 0 Å². The van der Waals surface area contributed by atoms with Gasteiger partial charge in [0.1, 0.15) is 30.1 Å². The number of aromatic nitrogens is 3. The Morgan fingerprint density at radius 3 is 2.39 bits per heavy atom. The topological polar surface area (TPSA) is 119 Å². The highest BCUT2D eigenvalue weighted by Gasteiger charge is 2.22. The van der Waals surface area contributed by atoms with Gasteiger partial charge in [0.25, 0.3) is 5.91 Å². The van der Waals surface area contributed by atoms with Gasteiger partial charge in [0.2, 0.25) is 0 Å². The number of unbranched alkanes of at least 4 members (excludes halogenated alkanes) is 1. The molecule has 256 valence electrons. The Labute approximate surface area is 288 Å². The molecule has 0 radical (unpaired) electrons. The number of carbonyl (C=O) groups is 2. The fourth-order valence-electron chi connectivity index (χ4n) is 5.53. The highest BCUT2D eigenvalue weighted by Crippen LogP contribution is 2.34. The lowest BCUT2D eigenvalue weighted by Crippen LogP contribution is -2.22. The van der Waals surface area contributed by atoms with Crippen molar-refractivity contribution in [1.82, 2.24) is 14.8 Å². The summed E-state index contributed by atoms with van der Waals surface area (Å²) >= 11 is 0. The minimum atomic E-state index is -0.376. The Morgan fingerprint density at radius 1 is 0.918 bits per heavy atom. The summed E-state index contributed by atoms with van der Waals surface area (Å²) in [5.74, 6) is 1.53. The van der Waals surface area contributed by atoms with E-state index in [9.17, 15) is 9.59 Å². The molecule has 1 unspecified atom stereocenters. The lowest BCUT2D eigenvalue weighted by atomic mass is 9.92. The maximum Gasteiger partial charge on any atom is 0.324 e. The smallest absolute Gasteiger partial charge is 0.324 e. The summed E-state index contributed by atoms with van der Waals surface area (Å²) in [5, 5.41) is 15.4. The van der Waals surface area contributed by atoms with E-state index in [1.54, 1.807) is 10.9 Å². The van der Waals surface area contributed by atoms with Crippen molar-refractivity contribution < 1.29 is 19.1 Å². The van der Waals surface area contributed by atoms with Gasteiger partial charge in [-0.25, -0.2) is 14.5 Å². The number of pyridine rings is 1. The zero-order chi connectivity index (χ0) is 35.0. The van der Waals surface area contributed by atoms with Crippen LogP contribution in [0, 0.1) is 6.92 Å². The van der Waals surface area contributed by atoms with Gasteiger partial charge in [-0.05, 0) is 55.3 Å². The molecule has 3 N–H and O–H groups in total. The molecule has 1 atom stereocenters. The Hall–Kier alpha value is -5.22. The maximum absolute atomic E-state index is 13.5. The number of benzene rings is 3. The number of ether oxygens (including phenoxy) is 2. The van der Waals surface area contributed by atoms with E-state index in [1.807, 2.05) is 85.8 Å². The van der Waals surface area contributed by atoms with Crippen LogP contribution in [0.15, 0.2) is 85.1 Å². The zero-order valence-corrected chi connectivity index (χ0v) is 29.2. The Kier molecular flexibility index (Phi) is 11.3. The third-order valence-electron chi connectivity index (χ3n) is 8.13. The fourth-order valence-corrected chi connectivity index (χ4v) is 5.53. The first-order valence-electron chi connectivity index (χ1n) is 16.7. The van der Waals surface area contributed by atoms with Crippen LogP contribution in [-0.4, -0.2) is 46.5 Å². The van der Waals surface area contributed by atoms with Crippen molar-refractivity contribution in [3.05, 3.63) is 102 Å². The lowest BCUT2D eigenvalue weighted by molar-refractivity contribution is -0.119. The normalized spacial score (nSPS) is 12.0. The molecule has 10 nitrogen and oxygen atoms in total. The Balaban J connectivity index is 1.36. The number of carbonyl (C=O) groups excluding carboxylic acids is 2. The van der Waals surface area contributed by atoms with Gasteiger partial charge in [-0.1, -0.05) is 82.5 Å². The van der Waals surface area contributed by atoms with Gasteiger partial charge in [0, 0.05) is 42.0 Å². The van der Waals surface area contributed by atoms with Crippen LogP contribution in [0.1, 0.15) is 63.8 Å². The standard InChI is InChI=1S/C39H46N6O4/c1-7-8-11-29(22-27-20-21-40-35(23-27)42-37(46)25-48-6)49-33-19-18-32(30-12-9-10-13-31(30)33)41-38(47)43-36-24-34(39(3,4)5)44-45(36)28-16-14-26(2)15-17-28/h9-10,12-21,23-24,29H,7-8,11,22,25H2,1-6H3,(H,40,42,46)(H2,41,43,47). The van der Waals surface area contributed by atoms with E-state index >= 15 is 0 Å². The molecule has 2 aromatic heterocycles. The predicted octanol–water partition coefficient (Wildman–Crippen LogP) is 8.44. The third kappa shape index (κ3) is 9.23. The van der Waals surface area contributed by atoms with Crippen molar-refractivity contribution in [2.75, 3.05) is 29.7 Å². The van der Waals surface area contributed by atoms with E-state index in [4.69, 9.17) is 14.6 Å². The maximum atomic E-state index is 13.5. The van der Waals surface area contributed by atoms with E-state index in [0.717, 1.165) is 58.3 Å². The second-order valence-electron chi connectivity index (χ2n) is 13.3. The van der Waals surface area contributed by atoms with E-state index in [-0.39, 0.29) is 30.1 Å². The van der Waals surface area contributed by atoms with Gasteiger partial charge in [-0.2, -0.15) is 5.10 Å². The number of nitrogens with one attached hydrogen (secondary N) is 3. The molecule has 0 spiro atoms. The van der Waals surface area contributed by atoms with Crippen LogP contribution in [0.4, 0.5) is 22.1 Å². The van der Waals surface area contributed by atoms with Gasteiger partial charge >= 0.3 is 6.03 Å². The molecular formula is C39H46N6O4. The Bertz CT molecular complexity index is 1890. The van der Waals surface area contributed by atoms with Gasteiger partial charge in [0.15, 0.2) is 0 Å². The van der Waals surface area contributed by atoms with Crippen LogP contribution in [-0.2, 0) is 21.4 Å². The second kappa shape index (κ2) is 15.8. The van der Waals surface area contributed by atoms with Crippen molar-refractivity contribution in [1.29, 1.82) is 0 Å². The molecule has 0 fully saturated rings. The van der Waals surface area contributed by atoms with E-state index in [2.05, 4.69) is 48.6 Å². The fraction of sp³-hybridized carbons (Fsp3) is 0.333. The van der Waals surface area contributed by atoms with Crippen molar-refractivity contribution in [3.63, 3.8) is 0 Å². The molecule has 10 heteroatoms. The Morgan fingerprint density at radius 2 is 1.67 bits per heavy atom. The number of hydrogen-bond donors (Lipinski definition) is 3. The molecule has 0 aliphatic rings. The summed E-state index contributed by atoms with van der Waals surface area (Å²) in [4.78, 5) is 29.8. The molecular weight excluding hydrogens is 616 g/mol. The van der Waals surface area contributed by atoms with E-state index < -0.39 is 0 Å². The number of amides is 3. The van der Waals surface area contributed by atoms with Crippen LogP contribution in [0.5, 0.6) is 5.75 Å². The summed E-state index contributed by atoms with van der Waals surface area (Å²) in [6, 6.07) is 25.1. The average Bonchev–Trinajstić information content (AvgIpc) is 3.49. The summed E-state index contributed by atoms with van der Waals surface area (Å²) in [6.07, 6.45) is 5.10.